The normalized spacial score (nSPS) is 23.1. The number of carbonyl (C=O) groups excluding carboxylic acids is 1. The predicted octanol–water partition coefficient (Wildman–Crippen LogP) is 3.02. The van der Waals surface area contributed by atoms with Crippen molar-refractivity contribution in [3.63, 3.8) is 0 Å². The molecule has 1 saturated carbocycles. The molecule has 4 nitrogen and oxygen atoms in total. The van der Waals surface area contributed by atoms with Crippen LogP contribution in [0.25, 0.3) is 0 Å². The fraction of sp³-hybridized carbons (Fsp3) is 0.571. The maximum Gasteiger partial charge on any atom is 0.253 e. The summed E-state index contributed by atoms with van der Waals surface area (Å²) in [6.07, 6.45) is 7.21. The van der Waals surface area contributed by atoms with Crippen LogP contribution in [0.2, 0.25) is 5.02 Å². The number of nitrogens with two attached hydrogens (primary N) is 1. The fourth-order valence-electron chi connectivity index (χ4n) is 2.56. The number of nitrogen functional groups attached to an aromatic ring is 1. The van der Waals surface area contributed by atoms with Crippen LogP contribution in [0, 0.1) is 5.92 Å². The number of anilines is 1. The Morgan fingerprint density at radius 3 is 2.74 bits per heavy atom. The summed E-state index contributed by atoms with van der Waals surface area (Å²) in [6, 6.07) is 1.84. The lowest BCUT2D eigenvalue weighted by Crippen LogP contribution is -2.37. The second-order valence-corrected chi connectivity index (χ2v) is 5.60. The molecule has 0 saturated heterocycles. The molecule has 5 heteroatoms. The first-order chi connectivity index (χ1) is 9.10. The molecule has 1 fully saturated rings. The highest BCUT2D eigenvalue weighted by Gasteiger charge is 2.21. The largest absolute Gasteiger partial charge is 0.382 e. The van der Waals surface area contributed by atoms with Gasteiger partial charge in [-0.2, -0.15) is 0 Å². The minimum Gasteiger partial charge on any atom is -0.382 e. The molecule has 1 aromatic heterocycles. The molecule has 3 N–H and O–H groups in total. The van der Waals surface area contributed by atoms with Crippen molar-refractivity contribution in [1.29, 1.82) is 0 Å². The monoisotopic (exact) mass is 281 g/mol. The van der Waals surface area contributed by atoms with Crippen molar-refractivity contribution >= 4 is 23.3 Å². The average molecular weight is 282 g/mol. The summed E-state index contributed by atoms with van der Waals surface area (Å²) in [7, 11) is 0. The standard InChI is InChI=1S/C14H20ClN3O/c1-2-9-3-5-11(6-4-9)18-14(19)10-7-12(15)13(16)17-8-10/h7-9,11H,2-6H2,1H3,(H2,16,17)(H,18,19). The number of amides is 1. The number of halogens is 1. The summed E-state index contributed by atoms with van der Waals surface area (Å²) < 4.78 is 0. The van der Waals surface area contributed by atoms with Crippen molar-refractivity contribution in [3.05, 3.63) is 22.8 Å². The van der Waals surface area contributed by atoms with Gasteiger partial charge >= 0.3 is 0 Å². The molecule has 104 valence electrons. The van der Waals surface area contributed by atoms with Crippen LogP contribution in [0.4, 0.5) is 5.82 Å². The van der Waals surface area contributed by atoms with Gasteiger partial charge in [-0.1, -0.05) is 24.9 Å². The van der Waals surface area contributed by atoms with E-state index in [-0.39, 0.29) is 17.8 Å². The van der Waals surface area contributed by atoms with Gasteiger partial charge in [0.1, 0.15) is 5.82 Å². The molecule has 2 rings (SSSR count). The molecular formula is C14H20ClN3O. The predicted molar refractivity (Wildman–Crippen MR) is 77.2 cm³/mol. The van der Waals surface area contributed by atoms with Crippen LogP contribution in [-0.2, 0) is 0 Å². The number of carbonyl (C=O) groups is 1. The summed E-state index contributed by atoms with van der Waals surface area (Å²) in [4.78, 5) is 16.0. The Labute approximate surface area is 118 Å². The summed E-state index contributed by atoms with van der Waals surface area (Å²) in [5.41, 5.74) is 6.00. The van der Waals surface area contributed by atoms with E-state index in [4.69, 9.17) is 17.3 Å². The highest BCUT2D eigenvalue weighted by atomic mass is 35.5. The highest BCUT2D eigenvalue weighted by Crippen LogP contribution is 2.26. The van der Waals surface area contributed by atoms with E-state index < -0.39 is 0 Å². The lowest BCUT2D eigenvalue weighted by atomic mass is 9.84. The Morgan fingerprint density at radius 2 is 2.16 bits per heavy atom. The molecule has 1 amide bonds. The van der Waals surface area contributed by atoms with Gasteiger partial charge in [-0.25, -0.2) is 4.98 Å². The van der Waals surface area contributed by atoms with Crippen LogP contribution in [0.3, 0.4) is 0 Å². The zero-order valence-corrected chi connectivity index (χ0v) is 11.9. The van der Waals surface area contributed by atoms with Crippen molar-refractivity contribution in [3.8, 4) is 0 Å². The van der Waals surface area contributed by atoms with E-state index in [1.165, 1.54) is 25.5 Å². The van der Waals surface area contributed by atoms with Gasteiger partial charge in [0.15, 0.2) is 0 Å². The Kier molecular flexibility index (Phi) is 4.64. The molecule has 0 aromatic carbocycles. The van der Waals surface area contributed by atoms with Gasteiger partial charge in [0.05, 0.1) is 10.6 Å². The average Bonchev–Trinajstić information content (AvgIpc) is 2.42. The van der Waals surface area contributed by atoms with E-state index in [1.807, 2.05) is 0 Å². The second kappa shape index (κ2) is 6.24. The van der Waals surface area contributed by atoms with Gasteiger partial charge in [0.2, 0.25) is 0 Å². The fourth-order valence-corrected chi connectivity index (χ4v) is 2.72. The Hall–Kier alpha value is -1.29. The number of nitrogens with one attached hydrogen (secondary N) is 1. The SMILES string of the molecule is CCC1CCC(NC(=O)c2cnc(N)c(Cl)c2)CC1. The van der Waals surface area contributed by atoms with E-state index in [0.717, 1.165) is 18.8 Å². The summed E-state index contributed by atoms with van der Waals surface area (Å²) in [5.74, 6) is 0.955. The van der Waals surface area contributed by atoms with E-state index in [2.05, 4.69) is 17.2 Å². The first-order valence-electron chi connectivity index (χ1n) is 6.82. The van der Waals surface area contributed by atoms with Gasteiger partial charge in [0, 0.05) is 12.2 Å². The molecule has 0 atom stereocenters. The number of nitrogens with zero attached hydrogens (tertiary/aromatic N) is 1. The second-order valence-electron chi connectivity index (χ2n) is 5.19. The lowest BCUT2D eigenvalue weighted by Gasteiger charge is -2.28. The summed E-state index contributed by atoms with van der Waals surface area (Å²) >= 11 is 5.87. The molecule has 1 aliphatic rings. The number of hydrogen-bond acceptors (Lipinski definition) is 3. The van der Waals surface area contributed by atoms with Crippen LogP contribution >= 0.6 is 11.6 Å². The Morgan fingerprint density at radius 1 is 1.47 bits per heavy atom. The molecule has 1 aromatic rings. The third-order valence-electron chi connectivity index (χ3n) is 3.89. The molecule has 1 heterocycles. The van der Waals surface area contributed by atoms with E-state index >= 15 is 0 Å². The van der Waals surface area contributed by atoms with E-state index in [9.17, 15) is 4.79 Å². The Bertz CT molecular complexity index is 456. The van der Waals surface area contributed by atoms with Crippen LogP contribution in [0.5, 0.6) is 0 Å². The molecule has 0 radical (unpaired) electrons. The van der Waals surface area contributed by atoms with Crippen molar-refractivity contribution in [1.82, 2.24) is 10.3 Å². The van der Waals surface area contributed by atoms with Gasteiger partial charge in [-0.3, -0.25) is 4.79 Å². The van der Waals surface area contributed by atoms with Gasteiger partial charge < -0.3 is 11.1 Å². The van der Waals surface area contributed by atoms with Crippen LogP contribution in [-0.4, -0.2) is 16.9 Å². The van der Waals surface area contributed by atoms with Gasteiger partial charge in [0.25, 0.3) is 5.91 Å². The number of rotatable bonds is 3. The quantitative estimate of drug-likeness (QED) is 0.895. The highest BCUT2D eigenvalue weighted by molar-refractivity contribution is 6.33. The van der Waals surface area contributed by atoms with Gasteiger partial charge in [-0.05, 0) is 37.7 Å². The maximum atomic E-state index is 12.1. The number of pyridine rings is 1. The van der Waals surface area contributed by atoms with Crippen molar-refractivity contribution in [2.45, 2.75) is 45.1 Å². The van der Waals surface area contributed by atoms with Crippen molar-refractivity contribution in [2.75, 3.05) is 5.73 Å². The van der Waals surface area contributed by atoms with E-state index in [0.29, 0.717) is 10.6 Å². The molecule has 0 unspecified atom stereocenters. The first-order valence-corrected chi connectivity index (χ1v) is 7.19. The zero-order chi connectivity index (χ0) is 13.8. The minimum atomic E-state index is -0.116. The van der Waals surface area contributed by atoms with Crippen molar-refractivity contribution < 1.29 is 4.79 Å². The van der Waals surface area contributed by atoms with Crippen LogP contribution in [0.15, 0.2) is 12.3 Å². The van der Waals surface area contributed by atoms with Gasteiger partial charge in [-0.15, -0.1) is 0 Å². The number of aromatic nitrogens is 1. The summed E-state index contributed by atoms with van der Waals surface area (Å²) in [6.45, 7) is 2.23. The summed E-state index contributed by atoms with van der Waals surface area (Å²) in [5, 5.41) is 3.37. The molecule has 0 aliphatic heterocycles. The maximum absolute atomic E-state index is 12.1. The minimum absolute atomic E-state index is 0.116. The lowest BCUT2D eigenvalue weighted by molar-refractivity contribution is 0.0921. The molecule has 0 spiro atoms. The topological polar surface area (TPSA) is 68.0 Å². The zero-order valence-electron chi connectivity index (χ0n) is 11.2. The number of hydrogen-bond donors (Lipinski definition) is 2. The molecular weight excluding hydrogens is 262 g/mol. The van der Waals surface area contributed by atoms with Crippen LogP contribution in [0.1, 0.15) is 49.4 Å². The van der Waals surface area contributed by atoms with E-state index in [1.54, 1.807) is 6.07 Å². The van der Waals surface area contributed by atoms with Crippen molar-refractivity contribution in [2.24, 2.45) is 5.92 Å². The Balaban J connectivity index is 1.92. The molecule has 19 heavy (non-hydrogen) atoms. The smallest absolute Gasteiger partial charge is 0.253 e. The van der Waals surface area contributed by atoms with Crippen LogP contribution < -0.4 is 11.1 Å². The third kappa shape index (κ3) is 3.60. The first kappa shape index (κ1) is 14.1. The third-order valence-corrected chi connectivity index (χ3v) is 4.19. The molecule has 0 bridgehead atoms. The molecule has 1 aliphatic carbocycles.